The average molecular weight is 325 g/mol. The molecule has 3 rings (SSSR count). The zero-order valence-corrected chi connectivity index (χ0v) is 13.9. The lowest BCUT2D eigenvalue weighted by Gasteiger charge is -2.30. The first kappa shape index (κ1) is 16.5. The van der Waals surface area contributed by atoms with E-state index in [0.717, 1.165) is 36.5 Å². The van der Waals surface area contributed by atoms with E-state index in [2.05, 4.69) is 22.6 Å². The molecule has 1 atom stereocenters. The van der Waals surface area contributed by atoms with Crippen molar-refractivity contribution in [2.75, 3.05) is 32.1 Å². The van der Waals surface area contributed by atoms with Gasteiger partial charge in [0.1, 0.15) is 0 Å². The van der Waals surface area contributed by atoms with Gasteiger partial charge in [-0.15, -0.1) is 0 Å². The maximum absolute atomic E-state index is 12.0. The van der Waals surface area contributed by atoms with E-state index in [1.807, 2.05) is 54.6 Å². The van der Waals surface area contributed by atoms with Crippen molar-refractivity contribution in [2.24, 2.45) is 0 Å². The molecule has 0 radical (unpaired) electrons. The molecule has 1 unspecified atom stereocenters. The molecule has 2 N–H and O–H groups in total. The highest BCUT2D eigenvalue weighted by Gasteiger charge is 2.19. The highest BCUT2D eigenvalue weighted by molar-refractivity contribution is 5.89. The Morgan fingerprint density at radius 1 is 1.17 bits per heavy atom. The Morgan fingerprint density at radius 2 is 1.92 bits per heavy atom. The molecule has 1 fully saturated rings. The third kappa shape index (κ3) is 4.57. The Labute approximate surface area is 142 Å². The number of morpholine rings is 1. The van der Waals surface area contributed by atoms with Crippen LogP contribution in [0.15, 0.2) is 54.6 Å². The summed E-state index contributed by atoms with van der Waals surface area (Å²) in [5.41, 5.74) is 2.98. The number of carbonyl (C=O) groups excluding carboxylic acids is 1. The van der Waals surface area contributed by atoms with E-state index in [1.54, 1.807) is 0 Å². The van der Waals surface area contributed by atoms with Crippen LogP contribution in [0, 0.1) is 0 Å². The van der Waals surface area contributed by atoms with Gasteiger partial charge in [0.15, 0.2) is 0 Å². The number of hydrogen-bond donors (Lipinski definition) is 2. The molecule has 0 aromatic heterocycles. The molecule has 5 heteroatoms. The van der Waals surface area contributed by atoms with Gasteiger partial charge in [-0.2, -0.15) is 0 Å². The molecule has 0 aliphatic carbocycles. The maximum atomic E-state index is 12.0. The summed E-state index contributed by atoms with van der Waals surface area (Å²) in [6.45, 7) is 3.12. The summed E-state index contributed by atoms with van der Waals surface area (Å²) < 4.78 is 5.80. The molecule has 2 aromatic rings. The van der Waals surface area contributed by atoms with Crippen molar-refractivity contribution in [3.8, 4) is 0 Å². The van der Waals surface area contributed by atoms with Crippen LogP contribution in [0.3, 0.4) is 0 Å². The van der Waals surface area contributed by atoms with Crippen molar-refractivity contribution in [3.63, 3.8) is 0 Å². The van der Waals surface area contributed by atoms with Gasteiger partial charge in [-0.05, 0) is 30.3 Å². The summed E-state index contributed by atoms with van der Waals surface area (Å²) in [6, 6.07) is 17.5. The van der Waals surface area contributed by atoms with Crippen molar-refractivity contribution in [1.82, 2.24) is 10.2 Å². The molecule has 1 saturated heterocycles. The van der Waals surface area contributed by atoms with Crippen molar-refractivity contribution in [1.29, 1.82) is 0 Å². The van der Waals surface area contributed by atoms with Crippen molar-refractivity contribution in [3.05, 3.63) is 65.7 Å². The van der Waals surface area contributed by atoms with E-state index in [4.69, 9.17) is 4.74 Å². The maximum Gasteiger partial charge on any atom is 0.319 e. The fraction of sp³-hybridized carbons (Fsp3) is 0.316. The SMILES string of the molecule is CN1CCOC(c2ccc(NC(=O)NCc3ccccc3)cc2)C1. The summed E-state index contributed by atoms with van der Waals surface area (Å²) in [6.07, 6.45) is 0.102. The van der Waals surface area contributed by atoms with Crippen LogP contribution >= 0.6 is 0 Å². The Kier molecular flexibility index (Phi) is 5.46. The Balaban J connectivity index is 1.51. The number of benzene rings is 2. The summed E-state index contributed by atoms with van der Waals surface area (Å²) in [4.78, 5) is 14.2. The van der Waals surface area contributed by atoms with Crippen molar-refractivity contribution >= 4 is 11.7 Å². The van der Waals surface area contributed by atoms with Crippen LogP contribution in [-0.2, 0) is 11.3 Å². The molecule has 0 spiro atoms. The topological polar surface area (TPSA) is 53.6 Å². The second-order valence-electron chi connectivity index (χ2n) is 6.04. The van der Waals surface area contributed by atoms with Gasteiger partial charge in [0.2, 0.25) is 0 Å². The van der Waals surface area contributed by atoms with Gasteiger partial charge in [0, 0.05) is 25.3 Å². The van der Waals surface area contributed by atoms with Crippen LogP contribution in [0.2, 0.25) is 0 Å². The van der Waals surface area contributed by atoms with Crippen LogP contribution in [0.1, 0.15) is 17.2 Å². The van der Waals surface area contributed by atoms with E-state index in [1.165, 1.54) is 0 Å². The monoisotopic (exact) mass is 325 g/mol. The highest BCUT2D eigenvalue weighted by Crippen LogP contribution is 2.23. The zero-order valence-electron chi connectivity index (χ0n) is 13.9. The predicted molar refractivity (Wildman–Crippen MR) is 94.9 cm³/mol. The molecular formula is C19H23N3O2. The zero-order chi connectivity index (χ0) is 16.8. The molecule has 24 heavy (non-hydrogen) atoms. The molecule has 2 aromatic carbocycles. The van der Waals surface area contributed by atoms with Gasteiger partial charge in [-0.3, -0.25) is 0 Å². The fourth-order valence-electron chi connectivity index (χ4n) is 2.71. The quantitative estimate of drug-likeness (QED) is 0.908. The standard InChI is InChI=1S/C19H23N3O2/c1-22-11-12-24-18(14-22)16-7-9-17(10-8-16)21-19(23)20-13-15-5-3-2-4-6-15/h2-10,18H,11-14H2,1H3,(H2,20,21,23). The van der Waals surface area contributed by atoms with Crippen LogP contribution in [0.25, 0.3) is 0 Å². The first-order valence-corrected chi connectivity index (χ1v) is 8.19. The van der Waals surface area contributed by atoms with Gasteiger partial charge >= 0.3 is 6.03 Å². The molecule has 5 nitrogen and oxygen atoms in total. The predicted octanol–water partition coefficient (Wildman–Crippen LogP) is 3.01. The second-order valence-corrected chi connectivity index (χ2v) is 6.04. The first-order chi connectivity index (χ1) is 11.7. The average Bonchev–Trinajstić information content (AvgIpc) is 2.61. The molecular weight excluding hydrogens is 302 g/mol. The van der Waals surface area contributed by atoms with Crippen molar-refractivity contribution in [2.45, 2.75) is 12.6 Å². The number of carbonyl (C=O) groups is 1. The van der Waals surface area contributed by atoms with E-state index in [0.29, 0.717) is 6.54 Å². The van der Waals surface area contributed by atoms with Gasteiger partial charge in [-0.1, -0.05) is 42.5 Å². The lowest BCUT2D eigenvalue weighted by Crippen LogP contribution is -2.35. The Hall–Kier alpha value is -2.37. The van der Waals surface area contributed by atoms with Gasteiger partial charge in [0.25, 0.3) is 0 Å². The Morgan fingerprint density at radius 3 is 2.62 bits per heavy atom. The normalized spacial score (nSPS) is 18.1. The highest BCUT2D eigenvalue weighted by atomic mass is 16.5. The third-order valence-corrected chi connectivity index (χ3v) is 4.11. The number of anilines is 1. The molecule has 2 amide bonds. The summed E-state index contributed by atoms with van der Waals surface area (Å²) >= 11 is 0. The number of likely N-dealkylation sites (N-methyl/N-ethyl adjacent to an activating group) is 1. The minimum Gasteiger partial charge on any atom is -0.371 e. The number of nitrogens with one attached hydrogen (secondary N) is 2. The second kappa shape index (κ2) is 7.95. The summed E-state index contributed by atoms with van der Waals surface area (Å²) in [5, 5.41) is 5.70. The number of nitrogens with zero attached hydrogens (tertiary/aromatic N) is 1. The number of hydrogen-bond acceptors (Lipinski definition) is 3. The number of ether oxygens (including phenoxy) is 1. The summed E-state index contributed by atoms with van der Waals surface area (Å²) in [7, 11) is 2.10. The van der Waals surface area contributed by atoms with Gasteiger partial charge in [-0.25, -0.2) is 4.79 Å². The first-order valence-electron chi connectivity index (χ1n) is 8.19. The van der Waals surface area contributed by atoms with Gasteiger partial charge in [0.05, 0.1) is 12.7 Å². The third-order valence-electron chi connectivity index (χ3n) is 4.11. The number of rotatable bonds is 4. The largest absolute Gasteiger partial charge is 0.371 e. The molecule has 0 saturated carbocycles. The molecule has 1 aliphatic heterocycles. The van der Waals surface area contributed by atoms with E-state index >= 15 is 0 Å². The summed E-state index contributed by atoms with van der Waals surface area (Å²) in [5.74, 6) is 0. The molecule has 126 valence electrons. The lowest BCUT2D eigenvalue weighted by molar-refractivity contribution is -0.0208. The van der Waals surface area contributed by atoms with Crippen LogP contribution in [-0.4, -0.2) is 37.7 Å². The van der Waals surface area contributed by atoms with Crippen LogP contribution in [0.5, 0.6) is 0 Å². The minimum absolute atomic E-state index is 0.102. The smallest absolute Gasteiger partial charge is 0.319 e. The van der Waals surface area contributed by atoms with E-state index < -0.39 is 0 Å². The van der Waals surface area contributed by atoms with Crippen LogP contribution < -0.4 is 10.6 Å². The number of urea groups is 1. The number of amides is 2. The van der Waals surface area contributed by atoms with Crippen molar-refractivity contribution < 1.29 is 9.53 Å². The van der Waals surface area contributed by atoms with Gasteiger partial charge < -0.3 is 20.3 Å². The van der Waals surface area contributed by atoms with E-state index in [9.17, 15) is 4.79 Å². The molecule has 1 aliphatic rings. The lowest BCUT2D eigenvalue weighted by atomic mass is 10.1. The Bertz CT molecular complexity index is 658. The minimum atomic E-state index is -0.208. The fourth-order valence-corrected chi connectivity index (χ4v) is 2.71. The van der Waals surface area contributed by atoms with E-state index in [-0.39, 0.29) is 12.1 Å². The van der Waals surface area contributed by atoms with Crippen LogP contribution in [0.4, 0.5) is 10.5 Å². The molecule has 0 bridgehead atoms. The molecule has 1 heterocycles.